The molecular formula is C22H18ClFN2OS. The number of amides is 2. The second kappa shape index (κ2) is 7.86. The standard InChI is InChI=1S/C22H18ClFN2OS/c1-2-15-10-12-16(13-11-15)26-22(27)25(20-8-3-4-9-21(20)28-26)14-17-18(23)6-5-7-19(17)24/h3-13H,2,14H2,1H3. The molecule has 1 aliphatic rings. The van der Waals surface area contributed by atoms with Crippen molar-refractivity contribution in [3.05, 3.63) is 88.7 Å². The largest absolute Gasteiger partial charge is 0.339 e. The Balaban J connectivity index is 1.74. The molecule has 0 aliphatic carbocycles. The molecule has 0 bridgehead atoms. The molecule has 0 radical (unpaired) electrons. The minimum Gasteiger partial charge on any atom is -0.288 e. The zero-order chi connectivity index (χ0) is 19.7. The Kier molecular flexibility index (Phi) is 5.29. The van der Waals surface area contributed by atoms with Crippen LogP contribution in [0.3, 0.4) is 0 Å². The minimum absolute atomic E-state index is 0.0610. The molecule has 3 aromatic rings. The van der Waals surface area contributed by atoms with Gasteiger partial charge in [-0.2, -0.15) is 0 Å². The Morgan fingerprint density at radius 2 is 1.75 bits per heavy atom. The van der Waals surface area contributed by atoms with Gasteiger partial charge in [-0.05, 0) is 60.3 Å². The van der Waals surface area contributed by atoms with Gasteiger partial charge in [-0.1, -0.05) is 48.9 Å². The number of halogens is 2. The Morgan fingerprint density at radius 1 is 1.00 bits per heavy atom. The number of para-hydroxylation sites is 1. The normalized spacial score (nSPS) is 13.6. The molecule has 3 aromatic carbocycles. The van der Waals surface area contributed by atoms with Crippen LogP contribution in [0.1, 0.15) is 18.1 Å². The lowest BCUT2D eigenvalue weighted by Crippen LogP contribution is -2.43. The highest BCUT2D eigenvalue weighted by Crippen LogP contribution is 2.42. The molecule has 0 spiro atoms. The summed E-state index contributed by atoms with van der Waals surface area (Å²) in [4.78, 5) is 15.8. The molecule has 6 heteroatoms. The molecule has 1 heterocycles. The van der Waals surface area contributed by atoms with Gasteiger partial charge in [0.15, 0.2) is 0 Å². The quantitative estimate of drug-likeness (QED) is 0.445. The number of hydrogen-bond donors (Lipinski definition) is 0. The molecule has 0 unspecified atom stereocenters. The predicted octanol–water partition coefficient (Wildman–Crippen LogP) is 6.70. The summed E-state index contributed by atoms with van der Waals surface area (Å²) in [6.07, 6.45) is 0.933. The van der Waals surface area contributed by atoms with Crippen molar-refractivity contribution >= 4 is 41.0 Å². The highest BCUT2D eigenvalue weighted by molar-refractivity contribution is 8.01. The maximum Gasteiger partial charge on any atom is 0.339 e. The summed E-state index contributed by atoms with van der Waals surface area (Å²) in [7, 11) is 0. The molecule has 0 saturated heterocycles. The van der Waals surface area contributed by atoms with Gasteiger partial charge < -0.3 is 0 Å². The summed E-state index contributed by atoms with van der Waals surface area (Å²) < 4.78 is 16.0. The topological polar surface area (TPSA) is 23.6 Å². The Bertz CT molecular complexity index is 1010. The van der Waals surface area contributed by atoms with Crippen molar-refractivity contribution in [1.82, 2.24) is 0 Å². The van der Waals surface area contributed by atoms with Crippen LogP contribution >= 0.6 is 23.5 Å². The van der Waals surface area contributed by atoms with E-state index in [4.69, 9.17) is 11.6 Å². The minimum atomic E-state index is -0.421. The van der Waals surface area contributed by atoms with Crippen LogP contribution in [0.25, 0.3) is 0 Å². The number of carbonyl (C=O) groups excluding carboxylic acids is 1. The molecule has 3 nitrogen and oxygen atoms in total. The van der Waals surface area contributed by atoms with Gasteiger partial charge in [-0.25, -0.2) is 13.5 Å². The van der Waals surface area contributed by atoms with E-state index in [0.717, 1.165) is 22.7 Å². The smallest absolute Gasteiger partial charge is 0.288 e. The first kappa shape index (κ1) is 18.8. The fraction of sp³-hybridized carbons (Fsp3) is 0.136. The molecule has 0 atom stereocenters. The van der Waals surface area contributed by atoms with Crippen molar-refractivity contribution in [1.29, 1.82) is 0 Å². The van der Waals surface area contributed by atoms with Gasteiger partial charge in [-0.3, -0.25) is 4.90 Å². The summed E-state index contributed by atoms with van der Waals surface area (Å²) in [6.45, 7) is 2.15. The fourth-order valence-corrected chi connectivity index (χ4v) is 4.37. The van der Waals surface area contributed by atoms with Crippen LogP contribution in [0.2, 0.25) is 5.02 Å². The van der Waals surface area contributed by atoms with Crippen molar-refractivity contribution < 1.29 is 9.18 Å². The lowest BCUT2D eigenvalue weighted by atomic mass is 10.1. The number of urea groups is 1. The number of nitrogens with zero attached hydrogens (tertiary/aromatic N) is 2. The van der Waals surface area contributed by atoms with E-state index in [1.165, 1.54) is 23.6 Å². The van der Waals surface area contributed by atoms with Crippen molar-refractivity contribution in [2.75, 3.05) is 9.21 Å². The van der Waals surface area contributed by atoms with E-state index in [-0.39, 0.29) is 12.6 Å². The zero-order valence-electron chi connectivity index (χ0n) is 15.2. The monoisotopic (exact) mass is 412 g/mol. The molecule has 1 aliphatic heterocycles. The summed E-state index contributed by atoms with van der Waals surface area (Å²) in [5.74, 6) is -0.421. The second-order valence-electron chi connectivity index (χ2n) is 6.44. The number of carbonyl (C=O) groups is 1. The van der Waals surface area contributed by atoms with Crippen LogP contribution in [0.4, 0.5) is 20.6 Å². The van der Waals surface area contributed by atoms with Crippen LogP contribution in [0.15, 0.2) is 71.6 Å². The van der Waals surface area contributed by atoms with Crippen molar-refractivity contribution in [2.45, 2.75) is 24.8 Å². The van der Waals surface area contributed by atoms with E-state index in [2.05, 4.69) is 6.92 Å². The Hall–Kier alpha value is -2.50. The average Bonchev–Trinajstić information content (AvgIpc) is 2.72. The molecule has 0 fully saturated rings. The number of hydrogen-bond acceptors (Lipinski definition) is 2. The average molecular weight is 413 g/mol. The first-order chi connectivity index (χ1) is 13.6. The number of fused-ring (bicyclic) bond motifs is 1. The summed E-state index contributed by atoms with van der Waals surface area (Å²) in [6, 6.07) is 19.8. The summed E-state index contributed by atoms with van der Waals surface area (Å²) >= 11 is 7.58. The van der Waals surface area contributed by atoms with E-state index < -0.39 is 5.82 Å². The molecule has 142 valence electrons. The lowest BCUT2D eigenvalue weighted by molar-refractivity contribution is 0.254. The third-order valence-electron chi connectivity index (χ3n) is 4.71. The second-order valence-corrected chi connectivity index (χ2v) is 7.84. The van der Waals surface area contributed by atoms with Crippen LogP contribution < -0.4 is 9.21 Å². The maximum absolute atomic E-state index is 14.4. The van der Waals surface area contributed by atoms with E-state index in [1.807, 2.05) is 48.5 Å². The van der Waals surface area contributed by atoms with Gasteiger partial charge in [0.25, 0.3) is 0 Å². The van der Waals surface area contributed by atoms with Crippen molar-refractivity contribution in [2.24, 2.45) is 0 Å². The van der Waals surface area contributed by atoms with Crippen LogP contribution in [0.5, 0.6) is 0 Å². The number of anilines is 2. The van der Waals surface area contributed by atoms with E-state index >= 15 is 0 Å². The predicted molar refractivity (Wildman–Crippen MR) is 114 cm³/mol. The van der Waals surface area contributed by atoms with Gasteiger partial charge >= 0.3 is 6.03 Å². The van der Waals surface area contributed by atoms with E-state index in [0.29, 0.717) is 10.6 Å². The van der Waals surface area contributed by atoms with Gasteiger partial charge in [-0.15, -0.1) is 0 Å². The zero-order valence-corrected chi connectivity index (χ0v) is 16.8. The van der Waals surface area contributed by atoms with Gasteiger partial charge in [0, 0.05) is 10.6 Å². The SMILES string of the molecule is CCc1ccc(N2Sc3ccccc3N(Cc3c(F)cccc3Cl)C2=O)cc1. The number of rotatable bonds is 4. The third-order valence-corrected chi connectivity index (χ3v) is 6.15. The van der Waals surface area contributed by atoms with Gasteiger partial charge in [0.2, 0.25) is 0 Å². The highest BCUT2D eigenvalue weighted by Gasteiger charge is 2.33. The Labute approximate surface area is 172 Å². The van der Waals surface area contributed by atoms with Gasteiger partial charge in [0.1, 0.15) is 5.82 Å². The maximum atomic E-state index is 14.4. The molecular weight excluding hydrogens is 395 g/mol. The fourth-order valence-electron chi connectivity index (χ4n) is 3.13. The van der Waals surface area contributed by atoms with Crippen molar-refractivity contribution in [3.8, 4) is 0 Å². The molecule has 4 rings (SSSR count). The van der Waals surface area contributed by atoms with Crippen molar-refractivity contribution in [3.63, 3.8) is 0 Å². The van der Waals surface area contributed by atoms with Crippen LogP contribution in [0, 0.1) is 5.82 Å². The van der Waals surface area contributed by atoms with Crippen LogP contribution in [-0.4, -0.2) is 6.03 Å². The first-order valence-corrected chi connectivity index (χ1v) is 10.1. The Morgan fingerprint density at radius 3 is 2.46 bits per heavy atom. The lowest BCUT2D eigenvalue weighted by Gasteiger charge is -2.36. The molecule has 2 amide bonds. The summed E-state index contributed by atoms with van der Waals surface area (Å²) in [5.41, 5.74) is 3.04. The molecule has 0 aromatic heterocycles. The number of benzene rings is 3. The van der Waals surface area contributed by atoms with E-state index in [1.54, 1.807) is 21.3 Å². The highest BCUT2D eigenvalue weighted by atomic mass is 35.5. The van der Waals surface area contributed by atoms with Crippen LogP contribution in [-0.2, 0) is 13.0 Å². The molecule has 28 heavy (non-hydrogen) atoms. The third kappa shape index (κ3) is 3.48. The van der Waals surface area contributed by atoms with Gasteiger partial charge in [0.05, 0.1) is 22.8 Å². The molecule has 0 N–H and O–H groups in total. The number of aryl methyl sites for hydroxylation is 1. The van der Waals surface area contributed by atoms with E-state index in [9.17, 15) is 9.18 Å². The summed E-state index contributed by atoms with van der Waals surface area (Å²) in [5, 5.41) is 0.308. The molecule has 0 saturated carbocycles. The first-order valence-electron chi connectivity index (χ1n) is 8.99.